The molecule has 0 aromatic rings. The molecule has 0 bridgehead atoms. The van der Waals surface area contributed by atoms with E-state index in [2.05, 4.69) is 26.1 Å². The third-order valence-corrected chi connectivity index (χ3v) is 11.3. The lowest BCUT2D eigenvalue weighted by Crippen LogP contribution is -2.55. The van der Waals surface area contributed by atoms with E-state index in [9.17, 15) is 10.2 Å². The summed E-state index contributed by atoms with van der Waals surface area (Å²) in [5.41, 5.74) is 0.750. The van der Waals surface area contributed by atoms with Crippen molar-refractivity contribution < 1.29 is 10.2 Å². The van der Waals surface area contributed by atoms with Crippen LogP contribution in [0.2, 0.25) is 0 Å². The van der Waals surface area contributed by atoms with Crippen molar-refractivity contribution in [3.8, 4) is 0 Å². The first-order chi connectivity index (χ1) is 13.8. The van der Waals surface area contributed by atoms with Crippen LogP contribution in [0.1, 0.15) is 91.4 Å². The van der Waals surface area contributed by atoms with Crippen LogP contribution in [0.5, 0.6) is 0 Å². The van der Waals surface area contributed by atoms with Gasteiger partial charge in [-0.05, 0) is 117 Å². The van der Waals surface area contributed by atoms with E-state index in [-0.39, 0.29) is 12.2 Å². The normalized spacial score (nSPS) is 56.2. The number of rotatable bonds is 2. The molecule has 5 rings (SSSR count). The van der Waals surface area contributed by atoms with Gasteiger partial charge in [0.05, 0.1) is 12.2 Å². The Labute approximate surface area is 178 Å². The zero-order valence-corrected chi connectivity index (χ0v) is 19.1. The first-order valence-corrected chi connectivity index (χ1v) is 12.9. The first kappa shape index (κ1) is 20.8. The fourth-order valence-electron chi connectivity index (χ4n) is 9.82. The third-order valence-electron chi connectivity index (χ3n) is 11.3. The molecule has 29 heavy (non-hydrogen) atoms. The highest BCUT2D eigenvalue weighted by Crippen LogP contribution is 2.68. The van der Waals surface area contributed by atoms with Crippen LogP contribution in [0, 0.1) is 46.3 Å². The maximum absolute atomic E-state index is 11.3. The van der Waals surface area contributed by atoms with Crippen molar-refractivity contribution in [3.63, 3.8) is 0 Å². The van der Waals surface area contributed by atoms with Crippen molar-refractivity contribution in [2.24, 2.45) is 46.3 Å². The topological polar surface area (TPSA) is 52.5 Å². The Morgan fingerprint density at radius 2 is 1.66 bits per heavy atom. The molecule has 166 valence electrons. The van der Waals surface area contributed by atoms with Gasteiger partial charge in [0.25, 0.3) is 0 Å². The van der Waals surface area contributed by atoms with Crippen LogP contribution in [0.4, 0.5) is 0 Å². The average molecular weight is 404 g/mol. The number of aliphatic hydroxyl groups is 2. The van der Waals surface area contributed by atoms with E-state index in [4.69, 9.17) is 0 Å². The minimum Gasteiger partial charge on any atom is -0.393 e. The standard InChI is InChI=1S/C26H45NO2/c1-16(22-6-4-5-13-27-22)24-23(29)15-21-19-8-7-17-14-18(28)9-11-25(17,2)20(19)10-12-26(21,24)3/h16-24,27-29H,4-15H2,1-3H3/t16?,17?,18-,19?,20?,21?,22?,23-,24?,25-,26-/m0/s1. The number of fused-ring (bicyclic) bond motifs is 5. The lowest BCUT2D eigenvalue weighted by Gasteiger charge is -2.61. The molecule has 5 aliphatic rings. The van der Waals surface area contributed by atoms with Crippen LogP contribution in [0.25, 0.3) is 0 Å². The number of aliphatic hydroxyl groups excluding tert-OH is 2. The Kier molecular flexibility index (Phi) is 5.36. The molecule has 1 aliphatic heterocycles. The molecule has 3 N–H and O–H groups in total. The molecule has 0 aromatic heterocycles. The van der Waals surface area contributed by atoms with Gasteiger partial charge in [-0.25, -0.2) is 0 Å². The quantitative estimate of drug-likeness (QED) is 0.623. The predicted molar refractivity (Wildman–Crippen MR) is 117 cm³/mol. The molecule has 4 saturated carbocycles. The van der Waals surface area contributed by atoms with Crippen molar-refractivity contribution in [1.82, 2.24) is 5.32 Å². The van der Waals surface area contributed by atoms with Crippen LogP contribution in [-0.4, -0.2) is 35.0 Å². The molecule has 3 nitrogen and oxygen atoms in total. The van der Waals surface area contributed by atoms with Crippen molar-refractivity contribution in [1.29, 1.82) is 0 Å². The SMILES string of the molecule is CC(C1CCCCN1)C1[C@@H](O)CC2C3CCC4C[C@@H](O)CC[C@]4(C)C3CC[C@@]21C. The van der Waals surface area contributed by atoms with Gasteiger partial charge < -0.3 is 15.5 Å². The second kappa shape index (κ2) is 7.48. The third kappa shape index (κ3) is 3.16. The summed E-state index contributed by atoms with van der Waals surface area (Å²) in [5.74, 6) is 4.09. The molecule has 11 atom stereocenters. The van der Waals surface area contributed by atoms with Crippen molar-refractivity contribution in [3.05, 3.63) is 0 Å². The second-order valence-electron chi connectivity index (χ2n) is 12.4. The Bertz CT molecular complexity index is 604. The fourth-order valence-corrected chi connectivity index (χ4v) is 9.82. The Morgan fingerprint density at radius 1 is 0.862 bits per heavy atom. The zero-order valence-electron chi connectivity index (χ0n) is 19.1. The van der Waals surface area contributed by atoms with Gasteiger partial charge in [0.15, 0.2) is 0 Å². The summed E-state index contributed by atoms with van der Waals surface area (Å²) < 4.78 is 0. The minimum absolute atomic E-state index is 0.0555. The van der Waals surface area contributed by atoms with E-state index in [1.807, 2.05) is 0 Å². The van der Waals surface area contributed by atoms with Crippen molar-refractivity contribution >= 4 is 0 Å². The van der Waals surface area contributed by atoms with Crippen molar-refractivity contribution in [2.45, 2.75) is 110 Å². The summed E-state index contributed by atoms with van der Waals surface area (Å²) >= 11 is 0. The molecule has 0 spiro atoms. The zero-order chi connectivity index (χ0) is 20.4. The van der Waals surface area contributed by atoms with E-state index in [0.717, 1.165) is 43.6 Å². The molecule has 0 amide bonds. The summed E-state index contributed by atoms with van der Waals surface area (Å²) in [5, 5.41) is 25.4. The minimum atomic E-state index is -0.110. The molecule has 5 fully saturated rings. The Morgan fingerprint density at radius 3 is 2.41 bits per heavy atom. The summed E-state index contributed by atoms with van der Waals surface area (Å²) in [6, 6.07) is 0.602. The van der Waals surface area contributed by atoms with E-state index in [1.54, 1.807) is 0 Å². The largest absolute Gasteiger partial charge is 0.393 e. The van der Waals surface area contributed by atoms with Gasteiger partial charge in [-0.3, -0.25) is 0 Å². The predicted octanol–water partition coefficient (Wildman–Crippen LogP) is 4.76. The van der Waals surface area contributed by atoms with E-state index in [1.165, 1.54) is 51.4 Å². The van der Waals surface area contributed by atoms with Gasteiger partial charge in [-0.2, -0.15) is 0 Å². The van der Waals surface area contributed by atoms with Crippen LogP contribution >= 0.6 is 0 Å². The number of nitrogens with one attached hydrogen (secondary N) is 1. The lowest BCUT2D eigenvalue weighted by molar-refractivity contribution is -0.130. The molecular formula is C26H45NO2. The Balaban J connectivity index is 1.38. The van der Waals surface area contributed by atoms with E-state index >= 15 is 0 Å². The van der Waals surface area contributed by atoms with Gasteiger partial charge in [-0.15, -0.1) is 0 Å². The average Bonchev–Trinajstić information content (AvgIpc) is 2.99. The second-order valence-corrected chi connectivity index (χ2v) is 12.4. The summed E-state index contributed by atoms with van der Waals surface area (Å²) in [6.07, 6.45) is 13.4. The van der Waals surface area contributed by atoms with Crippen LogP contribution in [0.15, 0.2) is 0 Å². The summed E-state index contributed by atoms with van der Waals surface area (Å²) in [4.78, 5) is 0. The van der Waals surface area contributed by atoms with Gasteiger partial charge in [-0.1, -0.05) is 27.2 Å². The van der Waals surface area contributed by atoms with Gasteiger partial charge in [0.2, 0.25) is 0 Å². The lowest BCUT2D eigenvalue weighted by atomic mass is 9.44. The molecule has 4 aliphatic carbocycles. The molecule has 0 radical (unpaired) electrons. The maximum Gasteiger partial charge on any atom is 0.0579 e. The number of hydrogen-bond acceptors (Lipinski definition) is 3. The molecule has 1 heterocycles. The molecule has 7 unspecified atom stereocenters. The molecule has 0 aromatic carbocycles. The Hall–Kier alpha value is -0.120. The maximum atomic E-state index is 11.3. The highest BCUT2D eigenvalue weighted by Gasteiger charge is 2.63. The van der Waals surface area contributed by atoms with Gasteiger partial charge >= 0.3 is 0 Å². The summed E-state index contributed by atoms with van der Waals surface area (Å²) in [7, 11) is 0. The van der Waals surface area contributed by atoms with Crippen LogP contribution in [-0.2, 0) is 0 Å². The number of piperidine rings is 1. The summed E-state index contributed by atoms with van der Waals surface area (Å²) in [6.45, 7) is 8.74. The highest BCUT2D eigenvalue weighted by atomic mass is 16.3. The monoisotopic (exact) mass is 403 g/mol. The smallest absolute Gasteiger partial charge is 0.0579 e. The van der Waals surface area contributed by atoms with E-state index in [0.29, 0.717) is 34.6 Å². The van der Waals surface area contributed by atoms with Gasteiger partial charge in [0.1, 0.15) is 0 Å². The van der Waals surface area contributed by atoms with Crippen LogP contribution in [0.3, 0.4) is 0 Å². The highest BCUT2D eigenvalue weighted by molar-refractivity contribution is 5.12. The first-order valence-electron chi connectivity index (χ1n) is 12.9. The van der Waals surface area contributed by atoms with Crippen molar-refractivity contribution in [2.75, 3.05) is 6.54 Å². The fraction of sp³-hybridized carbons (Fsp3) is 1.00. The van der Waals surface area contributed by atoms with Gasteiger partial charge in [0, 0.05) is 6.04 Å². The molecular weight excluding hydrogens is 358 g/mol. The van der Waals surface area contributed by atoms with E-state index < -0.39 is 0 Å². The van der Waals surface area contributed by atoms with Crippen LogP contribution < -0.4 is 5.32 Å². The molecule has 3 heteroatoms. The molecule has 1 saturated heterocycles. The number of hydrogen-bond donors (Lipinski definition) is 3.